The normalized spacial score (nSPS) is 10.2. The van der Waals surface area contributed by atoms with Gasteiger partial charge in [-0.15, -0.1) is 11.3 Å². The van der Waals surface area contributed by atoms with Crippen molar-refractivity contribution in [3.05, 3.63) is 44.2 Å². The average Bonchev–Trinajstić information content (AvgIpc) is 2.92. The molecule has 0 saturated heterocycles. The fourth-order valence-electron chi connectivity index (χ4n) is 2.08. The molecule has 0 spiro atoms. The van der Waals surface area contributed by atoms with E-state index in [0.29, 0.717) is 26.3 Å². The molecule has 2 N–H and O–H groups in total. The van der Waals surface area contributed by atoms with Crippen LogP contribution in [0.3, 0.4) is 0 Å². The van der Waals surface area contributed by atoms with Crippen molar-refractivity contribution in [3.8, 4) is 0 Å². The van der Waals surface area contributed by atoms with Gasteiger partial charge in [0.2, 0.25) is 0 Å². The number of halogens is 2. The highest BCUT2D eigenvalue weighted by molar-refractivity contribution is 7.80. The second-order valence-corrected chi connectivity index (χ2v) is 7.19. The summed E-state index contributed by atoms with van der Waals surface area (Å²) in [7, 11) is 2.52. The van der Waals surface area contributed by atoms with Crippen LogP contribution in [0.1, 0.15) is 25.6 Å². The molecule has 1 aromatic heterocycles. The van der Waals surface area contributed by atoms with E-state index in [-0.39, 0.29) is 15.6 Å². The maximum atomic E-state index is 12.1. The highest BCUT2D eigenvalue weighted by Crippen LogP contribution is 2.34. The number of carbonyl (C=O) groups excluding carboxylic acids is 2. The summed E-state index contributed by atoms with van der Waals surface area (Å²) < 4.78 is 9.53. The van der Waals surface area contributed by atoms with E-state index in [2.05, 4.69) is 10.6 Å². The number of hydrogen-bond acceptors (Lipinski definition) is 6. The second-order valence-electron chi connectivity index (χ2n) is 4.95. The van der Waals surface area contributed by atoms with E-state index < -0.39 is 11.9 Å². The molecule has 1 heterocycles. The minimum atomic E-state index is -0.589. The molecule has 0 radical (unpaired) electrons. The van der Waals surface area contributed by atoms with Crippen molar-refractivity contribution in [1.29, 1.82) is 0 Å². The van der Waals surface area contributed by atoms with Crippen LogP contribution in [0.5, 0.6) is 0 Å². The monoisotopic (exact) mass is 432 g/mol. The fraction of sp³-hybridized carbons (Fsp3) is 0.188. The van der Waals surface area contributed by atoms with Crippen molar-refractivity contribution < 1.29 is 19.1 Å². The number of benzene rings is 1. The number of thiophene rings is 1. The topological polar surface area (TPSA) is 76.7 Å². The largest absolute Gasteiger partial charge is 0.465 e. The molecule has 0 saturated carbocycles. The average molecular weight is 433 g/mol. The number of esters is 2. The molecule has 0 aliphatic heterocycles. The Hall–Kier alpha value is -1.87. The fourth-order valence-corrected chi connectivity index (χ4v) is 3.78. The molecule has 2 rings (SSSR count). The number of anilines is 2. The molecule has 0 aliphatic carbocycles. The van der Waals surface area contributed by atoms with E-state index >= 15 is 0 Å². The molecule has 6 nitrogen and oxygen atoms in total. The molecule has 1 aromatic carbocycles. The lowest BCUT2D eigenvalue weighted by molar-refractivity contribution is 0.0601. The summed E-state index contributed by atoms with van der Waals surface area (Å²) >= 11 is 18.2. The van der Waals surface area contributed by atoms with Crippen LogP contribution < -0.4 is 10.6 Å². The molecule has 0 amide bonds. The van der Waals surface area contributed by atoms with Crippen LogP contribution in [0.2, 0.25) is 10.0 Å². The van der Waals surface area contributed by atoms with Crippen molar-refractivity contribution in [3.63, 3.8) is 0 Å². The zero-order chi connectivity index (χ0) is 19.4. The van der Waals surface area contributed by atoms with Crippen LogP contribution in [-0.2, 0) is 9.47 Å². The van der Waals surface area contributed by atoms with Crippen LogP contribution >= 0.6 is 46.8 Å². The van der Waals surface area contributed by atoms with Gasteiger partial charge in [0.25, 0.3) is 0 Å². The quantitative estimate of drug-likeness (QED) is 0.533. The lowest BCUT2D eigenvalue weighted by Crippen LogP contribution is -2.20. The van der Waals surface area contributed by atoms with Gasteiger partial charge in [-0.3, -0.25) is 0 Å². The highest BCUT2D eigenvalue weighted by Gasteiger charge is 2.26. The van der Waals surface area contributed by atoms with Crippen molar-refractivity contribution >= 4 is 74.5 Å². The number of hydrogen-bond donors (Lipinski definition) is 2. The molecular weight excluding hydrogens is 419 g/mol. The molecule has 0 fully saturated rings. The third-order valence-electron chi connectivity index (χ3n) is 3.31. The molecule has 0 bridgehead atoms. The Balaban J connectivity index is 2.29. The van der Waals surface area contributed by atoms with Gasteiger partial charge in [-0.2, -0.15) is 0 Å². The highest BCUT2D eigenvalue weighted by atomic mass is 35.5. The van der Waals surface area contributed by atoms with E-state index in [0.717, 1.165) is 11.3 Å². The predicted molar refractivity (Wildman–Crippen MR) is 108 cm³/mol. The summed E-state index contributed by atoms with van der Waals surface area (Å²) in [4.78, 5) is 24.3. The van der Waals surface area contributed by atoms with Crippen LogP contribution in [0.4, 0.5) is 10.7 Å². The first kappa shape index (κ1) is 20.4. The Labute approximate surface area is 169 Å². The van der Waals surface area contributed by atoms with Crippen molar-refractivity contribution in [1.82, 2.24) is 0 Å². The SMILES string of the molecule is COC(=O)c1sc(NC(=S)Nc2ccc(Cl)c(Cl)c2)c(C(=O)OC)c1C. The Kier molecular flexibility index (Phi) is 6.82. The van der Waals surface area contributed by atoms with Crippen molar-refractivity contribution in [2.45, 2.75) is 6.92 Å². The Morgan fingerprint density at radius 1 is 1.08 bits per heavy atom. The van der Waals surface area contributed by atoms with Gasteiger partial charge in [0.15, 0.2) is 5.11 Å². The van der Waals surface area contributed by atoms with Crippen LogP contribution in [0.15, 0.2) is 18.2 Å². The third-order valence-corrected chi connectivity index (χ3v) is 5.44. The maximum absolute atomic E-state index is 12.1. The number of nitrogens with one attached hydrogen (secondary N) is 2. The summed E-state index contributed by atoms with van der Waals surface area (Å²) in [6.45, 7) is 1.63. The summed E-state index contributed by atoms with van der Waals surface area (Å²) in [5.74, 6) is -1.14. The summed E-state index contributed by atoms with van der Waals surface area (Å²) in [5.41, 5.74) is 1.28. The zero-order valence-electron chi connectivity index (χ0n) is 13.9. The molecule has 138 valence electrons. The molecule has 10 heteroatoms. The lowest BCUT2D eigenvalue weighted by Gasteiger charge is -2.11. The minimum absolute atomic E-state index is 0.200. The van der Waals surface area contributed by atoms with Gasteiger partial charge in [0.1, 0.15) is 9.88 Å². The first-order valence-electron chi connectivity index (χ1n) is 7.11. The van der Waals surface area contributed by atoms with Gasteiger partial charge >= 0.3 is 11.9 Å². The lowest BCUT2D eigenvalue weighted by atomic mass is 10.1. The van der Waals surface area contributed by atoms with E-state index in [1.807, 2.05) is 0 Å². The van der Waals surface area contributed by atoms with E-state index in [1.165, 1.54) is 14.2 Å². The second kappa shape index (κ2) is 8.68. The van der Waals surface area contributed by atoms with E-state index in [1.54, 1.807) is 25.1 Å². The van der Waals surface area contributed by atoms with Crippen molar-refractivity contribution in [2.24, 2.45) is 0 Å². The molecule has 2 aromatic rings. The van der Waals surface area contributed by atoms with E-state index in [4.69, 9.17) is 44.9 Å². The summed E-state index contributed by atoms with van der Waals surface area (Å²) in [6, 6.07) is 4.93. The molecular formula is C16H14Cl2N2O4S2. The number of methoxy groups -OCH3 is 2. The van der Waals surface area contributed by atoms with Gasteiger partial charge in [-0.05, 0) is 42.9 Å². The number of thiocarbonyl (C=S) groups is 1. The molecule has 0 aliphatic rings. The third kappa shape index (κ3) is 4.45. The number of carbonyl (C=O) groups is 2. The summed E-state index contributed by atoms with van der Waals surface area (Å²) in [5, 5.41) is 7.19. The first-order chi connectivity index (χ1) is 12.3. The first-order valence-corrected chi connectivity index (χ1v) is 9.09. The Morgan fingerprint density at radius 2 is 1.73 bits per heavy atom. The molecule has 0 unspecified atom stereocenters. The maximum Gasteiger partial charge on any atom is 0.348 e. The Morgan fingerprint density at radius 3 is 2.31 bits per heavy atom. The minimum Gasteiger partial charge on any atom is -0.465 e. The van der Waals surface area contributed by atoms with Crippen LogP contribution in [-0.4, -0.2) is 31.3 Å². The van der Waals surface area contributed by atoms with Gasteiger partial charge in [0.05, 0.1) is 29.8 Å². The number of rotatable bonds is 4. The predicted octanol–water partition coefficient (Wildman–Crippen LogP) is 4.75. The Bertz CT molecular complexity index is 883. The standard InChI is InChI=1S/C16H14Cl2N2O4S2/c1-7-11(14(21)23-2)13(26-12(7)15(22)24-3)20-16(25)19-8-4-5-9(17)10(18)6-8/h4-6H,1-3H3,(H2,19,20,25). The van der Waals surface area contributed by atoms with Gasteiger partial charge in [-0.1, -0.05) is 23.2 Å². The zero-order valence-corrected chi connectivity index (χ0v) is 17.1. The number of ether oxygens (including phenoxy) is 2. The summed E-state index contributed by atoms with van der Waals surface area (Å²) in [6.07, 6.45) is 0. The van der Waals surface area contributed by atoms with Gasteiger partial charge in [-0.25, -0.2) is 9.59 Å². The smallest absolute Gasteiger partial charge is 0.348 e. The van der Waals surface area contributed by atoms with Crippen LogP contribution in [0.25, 0.3) is 0 Å². The van der Waals surface area contributed by atoms with Crippen LogP contribution in [0, 0.1) is 6.92 Å². The van der Waals surface area contributed by atoms with Crippen molar-refractivity contribution in [2.75, 3.05) is 24.9 Å². The van der Waals surface area contributed by atoms with Gasteiger partial charge < -0.3 is 20.1 Å². The molecule has 0 atom stereocenters. The molecule has 26 heavy (non-hydrogen) atoms. The van der Waals surface area contributed by atoms with E-state index in [9.17, 15) is 9.59 Å². The van der Waals surface area contributed by atoms with Gasteiger partial charge in [0, 0.05) is 5.69 Å².